The van der Waals surface area contributed by atoms with E-state index in [9.17, 15) is 12.8 Å². The minimum atomic E-state index is -3.92. The molecule has 19 heavy (non-hydrogen) atoms. The zero-order valence-electron chi connectivity index (χ0n) is 12.3. The molecule has 1 aromatic rings. The Balaban J connectivity index is 3.15. The number of halogens is 1. The first kappa shape index (κ1) is 16.3. The first-order valence-electron chi connectivity index (χ1n) is 6.17. The topological polar surface area (TPSA) is 64.0 Å². The molecule has 0 aliphatic rings. The van der Waals surface area contributed by atoms with E-state index in [1.165, 1.54) is 4.68 Å². The Morgan fingerprint density at radius 1 is 1.42 bits per heavy atom. The Bertz CT molecular complexity index is 561. The third kappa shape index (κ3) is 3.43. The van der Waals surface area contributed by atoms with E-state index in [4.69, 9.17) is 0 Å². The predicted molar refractivity (Wildman–Crippen MR) is 75.4 cm³/mol. The quantitative estimate of drug-likeness (QED) is 0.868. The van der Waals surface area contributed by atoms with Crippen LogP contribution in [0.5, 0.6) is 0 Å². The number of rotatable bonds is 4. The largest absolute Gasteiger partial charge is 0.269 e. The van der Waals surface area contributed by atoms with Crippen molar-refractivity contribution in [3.63, 3.8) is 0 Å². The SMILES string of the molecule is CCn1cc(F)c(S(=O)(=O)N[Si](C)(C)C(C)(C)C)n1. The molecule has 1 heterocycles. The maximum absolute atomic E-state index is 13.7. The average Bonchev–Trinajstić information content (AvgIpc) is 2.57. The van der Waals surface area contributed by atoms with Gasteiger partial charge >= 0.3 is 0 Å². The fraction of sp³-hybridized carbons (Fsp3) is 0.727. The Hall–Kier alpha value is -0.733. The lowest BCUT2D eigenvalue weighted by molar-refractivity contribution is 0.555. The summed E-state index contributed by atoms with van der Waals surface area (Å²) in [5.74, 6) is -0.812. The van der Waals surface area contributed by atoms with E-state index in [1.54, 1.807) is 6.92 Å². The van der Waals surface area contributed by atoms with Crippen LogP contribution in [0.3, 0.4) is 0 Å². The van der Waals surface area contributed by atoms with Gasteiger partial charge in [-0.15, -0.1) is 0 Å². The maximum Gasteiger partial charge on any atom is 0.256 e. The van der Waals surface area contributed by atoms with Crippen LogP contribution in [0, 0.1) is 5.82 Å². The molecule has 0 aliphatic carbocycles. The Morgan fingerprint density at radius 3 is 2.32 bits per heavy atom. The number of aromatic nitrogens is 2. The van der Waals surface area contributed by atoms with Crippen LogP contribution in [0.15, 0.2) is 11.2 Å². The van der Waals surface area contributed by atoms with Crippen molar-refractivity contribution in [3.8, 4) is 0 Å². The Kier molecular flexibility index (Phi) is 4.28. The third-order valence-corrected chi connectivity index (χ3v) is 11.2. The van der Waals surface area contributed by atoms with E-state index in [-0.39, 0.29) is 5.04 Å². The first-order chi connectivity index (χ1) is 8.40. The van der Waals surface area contributed by atoms with Crippen LogP contribution in [0.4, 0.5) is 4.39 Å². The lowest BCUT2D eigenvalue weighted by Gasteiger charge is -2.36. The van der Waals surface area contributed by atoms with Gasteiger partial charge in [-0.05, 0) is 12.0 Å². The van der Waals surface area contributed by atoms with Gasteiger partial charge in [0.1, 0.15) is 8.24 Å². The van der Waals surface area contributed by atoms with Crippen LogP contribution < -0.4 is 4.39 Å². The molecule has 0 fully saturated rings. The van der Waals surface area contributed by atoms with Gasteiger partial charge in [-0.25, -0.2) is 17.2 Å². The van der Waals surface area contributed by atoms with E-state index >= 15 is 0 Å². The predicted octanol–water partition coefficient (Wildman–Crippen LogP) is 2.33. The van der Waals surface area contributed by atoms with Crippen LogP contribution in [-0.4, -0.2) is 26.4 Å². The van der Waals surface area contributed by atoms with E-state index in [0.29, 0.717) is 6.54 Å². The lowest BCUT2D eigenvalue weighted by atomic mass is 10.2. The van der Waals surface area contributed by atoms with Crippen molar-refractivity contribution in [3.05, 3.63) is 12.0 Å². The van der Waals surface area contributed by atoms with Crippen molar-refractivity contribution in [2.24, 2.45) is 0 Å². The average molecular weight is 307 g/mol. The Morgan fingerprint density at radius 2 is 1.95 bits per heavy atom. The molecule has 1 aromatic heterocycles. The molecule has 1 N–H and O–H groups in total. The number of hydrogen-bond donors (Lipinski definition) is 1. The van der Waals surface area contributed by atoms with Crippen LogP contribution >= 0.6 is 0 Å². The monoisotopic (exact) mass is 307 g/mol. The smallest absolute Gasteiger partial charge is 0.256 e. The number of hydrogen-bond acceptors (Lipinski definition) is 3. The highest BCUT2D eigenvalue weighted by Gasteiger charge is 2.40. The molecular weight excluding hydrogens is 285 g/mol. The van der Waals surface area contributed by atoms with Gasteiger partial charge in [0, 0.05) is 6.54 Å². The summed E-state index contributed by atoms with van der Waals surface area (Å²) in [6.07, 6.45) is 1.10. The maximum atomic E-state index is 13.7. The van der Waals surface area contributed by atoms with Gasteiger partial charge in [-0.2, -0.15) is 5.10 Å². The van der Waals surface area contributed by atoms with Crippen LogP contribution in [0.1, 0.15) is 27.7 Å². The van der Waals surface area contributed by atoms with Gasteiger partial charge in [0.15, 0.2) is 5.82 Å². The molecule has 0 unspecified atom stereocenters. The van der Waals surface area contributed by atoms with Gasteiger partial charge in [-0.3, -0.25) is 4.68 Å². The third-order valence-electron chi connectivity index (χ3n) is 3.53. The summed E-state index contributed by atoms with van der Waals surface area (Å²) >= 11 is 0. The molecule has 0 bridgehead atoms. The van der Waals surface area contributed by atoms with Gasteiger partial charge in [-0.1, -0.05) is 33.9 Å². The molecule has 0 spiro atoms. The molecule has 0 saturated heterocycles. The Labute approximate surface area is 115 Å². The van der Waals surface area contributed by atoms with Crippen molar-refractivity contribution >= 4 is 18.3 Å². The number of sulfonamides is 1. The molecule has 5 nitrogen and oxygen atoms in total. The summed E-state index contributed by atoms with van der Waals surface area (Å²) in [6.45, 7) is 11.9. The molecule has 0 aromatic carbocycles. The fourth-order valence-electron chi connectivity index (χ4n) is 1.26. The minimum Gasteiger partial charge on any atom is -0.269 e. The normalized spacial score (nSPS) is 13.8. The van der Waals surface area contributed by atoms with Gasteiger partial charge in [0.25, 0.3) is 10.0 Å². The van der Waals surface area contributed by atoms with Gasteiger partial charge in [0.2, 0.25) is 5.03 Å². The van der Waals surface area contributed by atoms with E-state index < -0.39 is 29.1 Å². The number of nitrogens with zero attached hydrogens (tertiary/aromatic N) is 2. The molecule has 8 heteroatoms. The van der Waals surface area contributed by atoms with Crippen LogP contribution in [-0.2, 0) is 16.6 Å². The molecular formula is C11H22FN3O2SSi. The van der Waals surface area contributed by atoms with Crippen molar-refractivity contribution < 1.29 is 12.8 Å². The zero-order chi connectivity index (χ0) is 15.1. The second kappa shape index (κ2) is 4.99. The summed E-state index contributed by atoms with van der Waals surface area (Å²) in [6, 6.07) is 0. The summed E-state index contributed by atoms with van der Waals surface area (Å²) in [5.41, 5.74) is 0. The van der Waals surface area contributed by atoms with Gasteiger partial charge in [0.05, 0.1) is 6.20 Å². The van der Waals surface area contributed by atoms with Crippen molar-refractivity contribution in [1.29, 1.82) is 0 Å². The lowest BCUT2D eigenvalue weighted by Crippen LogP contribution is -2.54. The standard InChI is InChI=1S/C11H22FN3O2SSi/c1-7-15-8-9(12)10(13-15)18(16,17)14-19(5,6)11(2,3)4/h8,14H,7H2,1-6H3. The summed E-state index contributed by atoms with van der Waals surface area (Å²) in [4.78, 5) is 0. The van der Waals surface area contributed by atoms with Crippen LogP contribution in [0.25, 0.3) is 0 Å². The van der Waals surface area contributed by atoms with Crippen LogP contribution in [0.2, 0.25) is 18.1 Å². The molecule has 0 radical (unpaired) electrons. The number of nitrogens with one attached hydrogen (secondary N) is 1. The second-order valence-corrected chi connectivity index (χ2v) is 13.1. The summed E-state index contributed by atoms with van der Waals surface area (Å²) < 4.78 is 42.1. The van der Waals surface area contributed by atoms with Crippen molar-refractivity contribution in [2.45, 2.75) is 57.4 Å². The molecule has 0 amide bonds. The van der Waals surface area contributed by atoms with Crippen molar-refractivity contribution in [2.75, 3.05) is 0 Å². The minimum absolute atomic E-state index is 0.177. The highest BCUT2D eigenvalue weighted by Crippen LogP contribution is 2.34. The fourth-order valence-corrected chi connectivity index (χ4v) is 6.08. The molecule has 0 saturated carbocycles. The highest BCUT2D eigenvalue weighted by atomic mass is 32.2. The van der Waals surface area contributed by atoms with E-state index in [1.807, 2.05) is 33.9 Å². The molecule has 1 rings (SSSR count). The molecule has 110 valence electrons. The first-order valence-corrected chi connectivity index (χ1v) is 10.7. The highest BCUT2D eigenvalue weighted by molar-refractivity contribution is 7.90. The van der Waals surface area contributed by atoms with Gasteiger partial charge < -0.3 is 0 Å². The summed E-state index contributed by atoms with van der Waals surface area (Å²) in [7, 11) is -6.22. The number of aryl methyl sites for hydroxylation is 1. The molecule has 0 atom stereocenters. The second-order valence-electron chi connectivity index (χ2n) is 6.12. The van der Waals surface area contributed by atoms with E-state index in [0.717, 1.165) is 6.20 Å². The summed E-state index contributed by atoms with van der Waals surface area (Å²) in [5, 5.41) is 3.09. The molecule has 0 aliphatic heterocycles. The zero-order valence-corrected chi connectivity index (χ0v) is 14.1. The van der Waals surface area contributed by atoms with E-state index in [2.05, 4.69) is 9.49 Å². The van der Waals surface area contributed by atoms with Crippen molar-refractivity contribution in [1.82, 2.24) is 14.2 Å².